The van der Waals surface area contributed by atoms with Gasteiger partial charge in [0, 0.05) is 12.2 Å². The van der Waals surface area contributed by atoms with E-state index in [1.165, 1.54) is 0 Å². The summed E-state index contributed by atoms with van der Waals surface area (Å²) in [7, 11) is 0. The average Bonchev–Trinajstić information content (AvgIpc) is 2.83. The first kappa shape index (κ1) is 14.7. The molecule has 108 valence electrons. The van der Waals surface area contributed by atoms with E-state index in [9.17, 15) is 14.7 Å². The van der Waals surface area contributed by atoms with Crippen molar-refractivity contribution in [2.75, 3.05) is 11.4 Å². The minimum atomic E-state index is -0.891. The minimum Gasteiger partial charge on any atom is -0.479 e. The van der Waals surface area contributed by atoms with Crippen LogP contribution in [0.5, 0.6) is 0 Å². The Kier molecular flexibility index (Phi) is 3.90. The maximum absolute atomic E-state index is 11.6. The number of amides is 1. The topological polar surface area (TPSA) is 83.6 Å². The molecule has 0 radical (unpaired) electrons. The van der Waals surface area contributed by atoms with E-state index in [0.717, 1.165) is 6.42 Å². The van der Waals surface area contributed by atoms with Crippen LogP contribution in [0.25, 0.3) is 0 Å². The molecule has 6 heteroatoms. The predicted octanol–water partition coefficient (Wildman–Crippen LogP) is 2.27. The number of rotatable bonds is 4. The summed E-state index contributed by atoms with van der Waals surface area (Å²) in [6, 6.07) is 4.85. The van der Waals surface area contributed by atoms with Crippen molar-refractivity contribution in [1.82, 2.24) is 0 Å². The summed E-state index contributed by atoms with van der Waals surface area (Å²) in [5.41, 5.74) is 5.28. The Labute approximate surface area is 122 Å². The van der Waals surface area contributed by atoms with Crippen LogP contribution in [0.4, 0.5) is 5.69 Å². The molecule has 0 bridgehead atoms. The van der Waals surface area contributed by atoms with E-state index in [-0.39, 0.29) is 10.6 Å². The summed E-state index contributed by atoms with van der Waals surface area (Å²) in [4.78, 5) is 24.7. The lowest BCUT2D eigenvalue weighted by Crippen LogP contribution is -2.50. The number of carboxylic acid groups (broad SMARTS) is 1. The number of nitrogens with zero attached hydrogens (tertiary/aromatic N) is 1. The number of hydrogen-bond acceptors (Lipinski definition) is 3. The maximum atomic E-state index is 11.6. The number of carboxylic acids is 1. The molecule has 0 spiro atoms. The van der Waals surface area contributed by atoms with Crippen molar-refractivity contribution < 1.29 is 14.7 Å². The van der Waals surface area contributed by atoms with E-state index in [2.05, 4.69) is 0 Å². The first-order chi connectivity index (χ1) is 9.42. The number of hydrogen-bond donors (Lipinski definition) is 2. The summed E-state index contributed by atoms with van der Waals surface area (Å²) in [5, 5.41) is 9.81. The Balaban J connectivity index is 2.43. The molecule has 20 heavy (non-hydrogen) atoms. The van der Waals surface area contributed by atoms with Gasteiger partial charge in [-0.3, -0.25) is 4.79 Å². The molecule has 5 nitrogen and oxygen atoms in total. The number of nitrogens with two attached hydrogens (primary N) is 1. The van der Waals surface area contributed by atoms with Gasteiger partial charge < -0.3 is 15.7 Å². The first-order valence-electron chi connectivity index (χ1n) is 6.53. The molecule has 1 saturated heterocycles. The lowest BCUT2D eigenvalue weighted by Gasteiger charge is -2.35. The Hall–Kier alpha value is -1.75. The van der Waals surface area contributed by atoms with Crippen LogP contribution in [0.3, 0.4) is 0 Å². The predicted molar refractivity (Wildman–Crippen MR) is 77.2 cm³/mol. The van der Waals surface area contributed by atoms with E-state index in [1.54, 1.807) is 18.2 Å². The molecule has 0 saturated carbocycles. The van der Waals surface area contributed by atoms with Gasteiger partial charge in [-0.05, 0) is 37.5 Å². The second-order valence-electron chi connectivity index (χ2n) is 4.97. The Bertz CT molecular complexity index is 561. The summed E-state index contributed by atoms with van der Waals surface area (Å²) < 4.78 is 0. The third kappa shape index (κ3) is 2.22. The van der Waals surface area contributed by atoms with Crippen molar-refractivity contribution in [1.29, 1.82) is 0 Å². The van der Waals surface area contributed by atoms with Crippen LogP contribution in [-0.4, -0.2) is 29.1 Å². The molecule has 1 atom stereocenters. The summed E-state index contributed by atoms with van der Waals surface area (Å²) in [5.74, 6) is -1.42. The molecule has 1 unspecified atom stereocenters. The Morgan fingerprint density at radius 3 is 2.70 bits per heavy atom. The van der Waals surface area contributed by atoms with Crippen LogP contribution >= 0.6 is 11.6 Å². The summed E-state index contributed by atoms with van der Waals surface area (Å²) in [6.45, 7) is 2.53. The normalized spacial score (nSPS) is 22.0. The van der Waals surface area contributed by atoms with Crippen LogP contribution in [0.1, 0.15) is 36.5 Å². The Morgan fingerprint density at radius 2 is 2.20 bits per heavy atom. The average molecular weight is 297 g/mol. The maximum Gasteiger partial charge on any atom is 0.329 e. The van der Waals surface area contributed by atoms with Gasteiger partial charge in [0.15, 0.2) is 0 Å². The number of carbonyl (C=O) groups is 2. The number of aliphatic carboxylic acids is 1. The molecular formula is C14H17ClN2O3. The molecule has 1 heterocycles. The molecule has 1 aliphatic heterocycles. The van der Waals surface area contributed by atoms with Crippen molar-refractivity contribution in [2.45, 2.75) is 31.7 Å². The SMILES string of the molecule is CCC1(C(=O)O)CCCN1c1ccc(C(N)=O)c(Cl)c1. The van der Waals surface area contributed by atoms with E-state index in [0.29, 0.717) is 25.1 Å². The third-order valence-corrected chi connectivity index (χ3v) is 4.31. The van der Waals surface area contributed by atoms with Gasteiger partial charge in [-0.15, -0.1) is 0 Å². The molecule has 3 N–H and O–H groups in total. The number of halogens is 1. The highest BCUT2D eigenvalue weighted by Crippen LogP contribution is 2.38. The number of anilines is 1. The molecule has 1 aromatic carbocycles. The molecule has 1 amide bonds. The van der Waals surface area contributed by atoms with Gasteiger partial charge in [-0.25, -0.2) is 4.79 Å². The molecule has 0 aromatic heterocycles. The van der Waals surface area contributed by atoms with Crippen molar-refractivity contribution in [3.8, 4) is 0 Å². The number of carbonyl (C=O) groups excluding carboxylic acids is 1. The Morgan fingerprint density at radius 1 is 1.50 bits per heavy atom. The highest BCUT2D eigenvalue weighted by molar-refractivity contribution is 6.34. The van der Waals surface area contributed by atoms with Crippen molar-refractivity contribution in [3.05, 3.63) is 28.8 Å². The quantitative estimate of drug-likeness (QED) is 0.893. The van der Waals surface area contributed by atoms with Crippen LogP contribution in [0.2, 0.25) is 5.02 Å². The van der Waals surface area contributed by atoms with Gasteiger partial charge in [0.25, 0.3) is 0 Å². The van der Waals surface area contributed by atoms with Crippen molar-refractivity contribution in [3.63, 3.8) is 0 Å². The fourth-order valence-corrected chi connectivity index (χ4v) is 3.14. The third-order valence-electron chi connectivity index (χ3n) is 4.00. The fraction of sp³-hybridized carbons (Fsp3) is 0.429. The molecule has 2 rings (SSSR count). The van der Waals surface area contributed by atoms with Crippen molar-refractivity contribution in [2.24, 2.45) is 5.73 Å². The van der Waals surface area contributed by atoms with Gasteiger partial charge in [-0.2, -0.15) is 0 Å². The molecule has 1 fully saturated rings. The van der Waals surface area contributed by atoms with Crippen molar-refractivity contribution >= 4 is 29.2 Å². The molecular weight excluding hydrogens is 280 g/mol. The number of primary amides is 1. The molecule has 0 aliphatic carbocycles. The second-order valence-corrected chi connectivity index (χ2v) is 5.38. The van der Waals surface area contributed by atoms with Gasteiger partial charge in [-0.1, -0.05) is 18.5 Å². The van der Waals surface area contributed by atoms with Crippen LogP contribution in [0.15, 0.2) is 18.2 Å². The summed E-state index contributed by atoms with van der Waals surface area (Å²) in [6.07, 6.45) is 1.93. The highest BCUT2D eigenvalue weighted by atomic mass is 35.5. The standard InChI is InChI=1S/C14H17ClN2O3/c1-2-14(13(19)20)6-3-7-17(14)9-4-5-10(12(16)18)11(15)8-9/h4-5,8H,2-3,6-7H2,1H3,(H2,16,18)(H,19,20). The van der Waals surface area contributed by atoms with E-state index in [1.807, 2.05) is 11.8 Å². The van der Waals surface area contributed by atoms with Gasteiger partial charge in [0.2, 0.25) is 5.91 Å². The number of benzene rings is 1. The lowest BCUT2D eigenvalue weighted by molar-refractivity contribution is -0.143. The monoisotopic (exact) mass is 296 g/mol. The zero-order valence-corrected chi connectivity index (χ0v) is 12.0. The zero-order chi connectivity index (χ0) is 14.9. The van der Waals surface area contributed by atoms with Gasteiger partial charge in [0.05, 0.1) is 10.6 Å². The largest absolute Gasteiger partial charge is 0.479 e. The van der Waals surface area contributed by atoms with E-state index in [4.69, 9.17) is 17.3 Å². The fourth-order valence-electron chi connectivity index (χ4n) is 2.87. The van der Waals surface area contributed by atoms with Crippen LogP contribution in [0, 0.1) is 0 Å². The lowest BCUT2D eigenvalue weighted by atomic mass is 9.92. The summed E-state index contributed by atoms with van der Waals surface area (Å²) >= 11 is 6.04. The minimum absolute atomic E-state index is 0.243. The van der Waals surface area contributed by atoms with Crippen LogP contribution < -0.4 is 10.6 Å². The van der Waals surface area contributed by atoms with Crippen LogP contribution in [-0.2, 0) is 4.79 Å². The first-order valence-corrected chi connectivity index (χ1v) is 6.90. The van der Waals surface area contributed by atoms with E-state index >= 15 is 0 Å². The second kappa shape index (κ2) is 5.32. The molecule has 1 aliphatic rings. The van der Waals surface area contributed by atoms with E-state index < -0.39 is 17.4 Å². The van der Waals surface area contributed by atoms with Gasteiger partial charge in [0.1, 0.15) is 5.54 Å². The smallest absolute Gasteiger partial charge is 0.329 e. The van der Waals surface area contributed by atoms with Gasteiger partial charge >= 0.3 is 5.97 Å². The molecule has 1 aromatic rings. The highest BCUT2D eigenvalue weighted by Gasteiger charge is 2.46. The zero-order valence-electron chi connectivity index (χ0n) is 11.2.